The van der Waals surface area contributed by atoms with E-state index in [0.29, 0.717) is 0 Å². The molecule has 1 aromatic carbocycles. The summed E-state index contributed by atoms with van der Waals surface area (Å²) < 4.78 is 12.7. The van der Waals surface area contributed by atoms with Gasteiger partial charge in [0.15, 0.2) is 0 Å². The normalized spacial score (nSPS) is 12.5. The first-order valence-corrected chi connectivity index (χ1v) is 4.93. The highest BCUT2D eigenvalue weighted by Crippen LogP contribution is 2.09. The van der Waals surface area contributed by atoms with Crippen molar-refractivity contribution in [1.82, 2.24) is 0 Å². The second kappa shape index (κ2) is 5.60. The summed E-state index contributed by atoms with van der Waals surface area (Å²) in [6.07, 6.45) is 2.00. The fourth-order valence-electron chi connectivity index (χ4n) is 1.26. The van der Waals surface area contributed by atoms with Crippen molar-refractivity contribution in [2.75, 3.05) is 11.9 Å². The van der Waals surface area contributed by atoms with Gasteiger partial charge in [-0.15, -0.1) is 0 Å². The SMILES string of the molecule is CC(N)CCCNc1cccc(F)c1. The standard InChI is InChI=1S/C11H17FN2/c1-9(13)4-3-7-14-11-6-2-5-10(12)8-11/h2,5-6,8-9,14H,3-4,7,13H2,1H3. The van der Waals surface area contributed by atoms with Crippen molar-refractivity contribution < 1.29 is 4.39 Å². The molecule has 0 fully saturated rings. The first kappa shape index (κ1) is 11.0. The number of hydrogen-bond acceptors (Lipinski definition) is 2. The number of halogens is 1. The van der Waals surface area contributed by atoms with Crippen molar-refractivity contribution >= 4 is 5.69 Å². The van der Waals surface area contributed by atoms with Gasteiger partial charge >= 0.3 is 0 Å². The van der Waals surface area contributed by atoms with Crippen LogP contribution < -0.4 is 11.1 Å². The van der Waals surface area contributed by atoms with Gasteiger partial charge in [0, 0.05) is 18.3 Å². The first-order chi connectivity index (χ1) is 6.68. The van der Waals surface area contributed by atoms with Gasteiger partial charge < -0.3 is 11.1 Å². The van der Waals surface area contributed by atoms with Crippen LogP contribution in [0.15, 0.2) is 24.3 Å². The number of nitrogens with two attached hydrogens (primary N) is 1. The highest BCUT2D eigenvalue weighted by Gasteiger charge is 1.95. The topological polar surface area (TPSA) is 38.0 Å². The molecule has 0 saturated heterocycles. The van der Waals surface area contributed by atoms with E-state index >= 15 is 0 Å². The van der Waals surface area contributed by atoms with Crippen molar-refractivity contribution in [3.63, 3.8) is 0 Å². The number of hydrogen-bond donors (Lipinski definition) is 2. The minimum Gasteiger partial charge on any atom is -0.385 e. The fraction of sp³-hybridized carbons (Fsp3) is 0.455. The van der Waals surface area contributed by atoms with Crippen LogP contribution >= 0.6 is 0 Å². The molecular weight excluding hydrogens is 179 g/mol. The summed E-state index contributed by atoms with van der Waals surface area (Å²) in [7, 11) is 0. The molecule has 3 heteroatoms. The van der Waals surface area contributed by atoms with Crippen LogP contribution in [0.1, 0.15) is 19.8 Å². The third-order valence-electron chi connectivity index (χ3n) is 1.99. The van der Waals surface area contributed by atoms with Crippen LogP contribution in [0.3, 0.4) is 0 Å². The Morgan fingerprint density at radius 1 is 1.50 bits per heavy atom. The molecule has 0 aromatic heterocycles. The third kappa shape index (κ3) is 4.23. The lowest BCUT2D eigenvalue weighted by atomic mass is 10.2. The maximum absolute atomic E-state index is 12.7. The Morgan fingerprint density at radius 2 is 2.29 bits per heavy atom. The van der Waals surface area contributed by atoms with Crippen molar-refractivity contribution in [3.8, 4) is 0 Å². The van der Waals surface area contributed by atoms with Gasteiger partial charge in [0.2, 0.25) is 0 Å². The minimum absolute atomic E-state index is 0.206. The summed E-state index contributed by atoms with van der Waals surface area (Å²) in [6, 6.07) is 6.72. The fourth-order valence-corrected chi connectivity index (χ4v) is 1.26. The molecule has 0 saturated carbocycles. The van der Waals surface area contributed by atoms with Gasteiger partial charge in [-0.2, -0.15) is 0 Å². The molecule has 78 valence electrons. The van der Waals surface area contributed by atoms with E-state index in [-0.39, 0.29) is 11.9 Å². The molecule has 1 unspecified atom stereocenters. The van der Waals surface area contributed by atoms with E-state index in [2.05, 4.69) is 5.32 Å². The lowest BCUT2D eigenvalue weighted by molar-refractivity contribution is 0.626. The summed E-state index contributed by atoms with van der Waals surface area (Å²) in [5.74, 6) is -0.206. The second-order valence-corrected chi connectivity index (χ2v) is 3.56. The van der Waals surface area contributed by atoms with Gasteiger partial charge in [0.05, 0.1) is 0 Å². The zero-order valence-electron chi connectivity index (χ0n) is 8.46. The van der Waals surface area contributed by atoms with E-state index in [1.54, 1.807) is 6.07 Å². The molecule has 2 nitrogen and oxygen atoms in total. The molecule has 0 bridgehead atoms. The highest BCUT2D eigenvalue weighted by atomic mass is 19.1. The van der Waals surface area contributed by atoms with E-state index in [4.69, 9.17) is 5.73 Å². The Kier molecular flexibility index (Phi) is 4.40. The van der Waals surface area contributed by atoms with Crippen LogP contribution in [0, 0.1) is 5.82 Å². The average molecular weight is 196 g/mol. The Morgan fingerprint density at radius 3 is 2.93 bits per heavy atom. The zero-order valence-corrected chi connectivity index (χ0v) is 8.46. The number of rotatable bonds is 5. The van der Waals surface area contributed by atoms with Crippen molar-refractivity contribution in [2.45, 2.75) is 25.8 Å². The van der Waals surface area contributed by atoms with Crippen molar-refractivity contribution in [3.05, 3.63) is 30.1 Å². The van der Waals surface area contributed by atoms with Crippen LogP contribution in [0.2, 0.25) is 0 Å². The molecule has 1 aromatic rings. The summed E-state index contributed by atoms with van der Waals surface area (Å²) in [5.41, 5.74) is 6.44. The molecule has 14 heavy (non-hydrogen) atoms. The molecule has 0 spiro atoms. The molecule has 0 aliphatic carbocycles. The zero-order chi connectivity index (χ0) is 10.4. The number of anilines is 1. The predicted octanol–water partition coefficient (Wildman–Crippen LogP) is 2.37. The molecule has 0 aliphatic rings. The highest BCUT2D eigenvalue weighted by molar-refractivity contribution is 5.42. The molecule has 3 N–H and O–H groups in total. The summed E-state index contributed by atoms with van der Waals surface area (Å²) in [4.78, 5) is 0. The maximum atomic E-state index is 12.7. The Bertz CT molecular complexity index is 274. The van der Waals surface area contributed by atoms with Gasteiger partial charge in [0.25, 0.3) is 0 Å². The molecule has 1 rings (SSSR count). The van der Waals surface area contributed by atoms with E-state index in [0.717, 1.165) is 25.1 Å². The maximum Gasteiger partial charge on any atom is 0.125 e. The van der Waals surface area contributed by atoms with E-state index in [1.807, 2.05) is 13.0 Å². The van der Waals surface area contributed by atoms with Crippen LogP contribution in [-0.4, -0.2) is 12.6 Å². The van der Waals surface area contributed by atoms with Gasteiger partial charge in [-0.1, -0.05) is 6.07 Å². The summed E-state index contributed by atoms with van der Waals surface area (Å²) in [6.45, 7) is 2.83. The molecule has 0 heterocycles. The molecular formula is C11H17FN2. The minimum atomic E-state index is -0.206. The predicted molar refractivity (Wildman–Crippen MR) is 57.8 cm³/mol. The van der Waals surface area contributed by atoms with Gasteiger partial charge in [0.1, 0.15) is 5.82 Å². The lowest BCUT2D eigenvalue weighted by Crippen LogP contribution is -2.16. The van der Waals surface area contributed by atoms with Crippen LogP contribution in [0.4, 0.5) is 10.1 Å². The number of benzene rings is 1. The quantitative estimate of drug-likeness (QED) is 0.709. The van der Waals surface area contributed by atoms with Crippen molar-refractivity contribution in [2.24, 2.45) is 5.73 Å². The summed E-state index contributed by atoms with van der Waals surface area (Å²) in [5, 5.41) is 3.15. The van der Waals surface area contributed by atoms with Crippen LogP contribution in [0.25, 0.3) is 0 Å². The van der Waals surface area contributed by atoms with Gasteiger partial charge in [-0.25, -0.2) is 4.39 Å². The Hall–Kier alpha value is -1.09. The van der Waals surface area contributed by atoms with Crippen molar-refractivity contribution in [1.29, 1.82) is 0 Å². The van der Waals surface area contributed by atoms with Crippen LogP contribution in [0.5, 0.6) is 0 Å². The number of nitrogens with one attached hydrogen (secondary N) is 1. The van der Waals surface area contributed by atoms with Gasteiger partial charge in [-0.05, 0) is 38.0 Å². The molecule has 0 aliphatic heterocycles. The largest absolute Gasteiger partial charge is 0.385 e. The lowest BCUT2D eigenvalue weighted by Gasteiger charge is -2.07. The molecule has 1 atom stereocenters. The smallest absolute Gasteiger partial charge is 0.125 e. The van der Waals surface area contributed by atoms with E-state index in [9.17, 15) is 4.39 Å². The summed E-state index contributed by atoms with van der Waals surface area (Å²) >= 11 is 0. The average Bonchev–Trinajstić information content (AvgIpc) is 2.12. The molecule has 0 radical (unpaired) electrons. The monoisotopic (exact) mass is 196 g/mol. The third-order valence-corrected chi connectivity index (χ3v) is 1.99. The Balaban J connectivity index is 2.25. The van der Waals surface area contributed by atoms with Gasteiger partial charge in [-0.3, -0.25) is 0 Å². The molecule has 0 amide bonds. The van der Waals surface area contributed by atoms with Crippen LogP contribution in [-0.2, 0) is 0 Å². The van der Waals surface area contributed by atoms with E-state index in [1.165, 1.54) is 12.1 Å². The second-order valence-electron chi connectivity index (χ2n) is 3.56. The first-order valence-electron chi connectivity index (χ1n) is 4.93. The van der Waals surface area contributed by atoms with E-state index < -0.39 is 0 Å². The Labute approximate surface area is 84.3 Å².